The Balaban J connectivity index is 2.03. The highest BCUT2D eigenvalue weighted by Crippen LogP contribution is 2.26. The van der Waals surface area contributed by atoms with Gasteiger partial charge in [-0.3, -0.25) is 14.6 Å². The van der Waals surface area contributed by atoms with E-state index < -0.39 is 20.6 Å². The molecule has 0 saturated heterocycles. The number of hydrogen-bond acceptors (Lipinski definition) is 5. The topological polar surface area (TPSA) is 77.9 Å². The molecule has 0 aromatic heterocycles. The lowest BCUT2D eigenvalue weighted by Gasteiger charge is -2.30. The van der Waals surface area contributed by atoms with Gasteiger partial charge in [0, 0.05) is 25.9 Å². The van der Waals surface area contributed by atoms with Gasteiger partial charge in [0.2, 0.25) is 0 Å². The van der Waals surface area contributed by atoms with E-state index in [1.165, 1.54) is 13.0 Å². The van der Waals surface area contributed by atoms with Crippen LogP contribution in [0.2, 0.25) is 0 Å². The van der Waals surface area contributed by atoms with Crippen molar-refractivity contribution in [2.24, 2.45) is 0 Å². The highest BCUT2D eigenvalue weighted by molar-refractivity contribution is 7.92. The van der Waals surface area contributed by atoms with Gasteiger partial charge in [-0.05, 0) is 57.1 Å². The minimum Gasteiger partial charge on any atom is -0.480 e. The molecule has 30 heavy (non-hydrogen) atoms. The van der Waals surface area contributed by atoms with Crippen molar-refractivity contribution in [2.75, 3.05) is 46.5 Å². The van der Waals surface area contributed by atoms with E-state index in [1.807, 2.05) is 36.0 Å². The van der Waals surface area contributed by atoms with E-state index in [9.17, 15) is 22.7 Å². The van der Waals surface area contributed by atoms with Crippen LogP contribution in [0.5, 0.6) is 0 Å². The highest BCUT2D eigenvalue weighted by Gasteiger charge is 2.43. The van der Waals surface area contributed by atoms with Crippen molar-refractivity contribution in [1.82, 2.24) is 9.80 Å². The monoisotopic (exact) mass is 436 g/mol. The Labute approximate surface area is 178 Å². The van der Waals surface area contributed by atoms with Gasteiger partial charge in [-0.15, -0.1) is 0 Å². The molecule has 8 heteroatoms. The number of carbonyl (C=O) groups is 1. The lowest BCUT2D eigenvalue weighted by Crippen LogP contribution is -2.46. The Bertz CT molecular complexity index is 992. The molecule has 164 valence electrons. The Morgan fingerprint density at radius 3 is 2.57 bits per heavy atom. The zero-order chi connectivity index (χ0) is 22.5. The first-order valence-electron chi connectivity index (χ1n) is 9.72. The van der Waals surface area contributed by atoms with E-state index in [1.54, 1.807) is 6.07 Å². The molecular weight excluding hydrogens is 407 g/mol. The number of carboxylic acid groups (broad SMARTS) is 1. The zero-order valence-electron chi connectivity index (χ0n) is 17.9. The Hall–Kier alpha value is -2.21. The molecule has 1 atom stereocenters. The molecule has 1 heterocycles. The maximum absolute atomic E-state index is 14.4. The molecule has 6 nitrogen and oxygen atoms in total. The second-order valence-corrected chi connectivity index (χ2v) is 10.5. The SMILES string of the molecule is CN(C)CC#Cc1ccc(C2=CCN(CCC(C)(C(=O)O)S(C)(=O)=O)CC2)cc1F. The van der Waals surface area contributed by atoms with Gasteiger partial charge in [0.1, 0.15) is 5.82 Å². The predicted molar refractivity (Wildman–Crippen MR) is 116 cm³/mol. The molecule has 0 spiro atoms. The third-order valence-corrected chi connectivity index (χ3v) is 7.44. The summed E-state index contributed by atoms with van der Waals surface area (Å²) in [6.07, 6.45) is 3.62. The van der Waals surface area contributed by atoms with Crippen molar-refractivity contribution in [3.63, 3.8) is 0 Å². The first-order chi connectivity index (χ1) is 13.9. The molecule has 0 amide bonds. The number of aliphatic carboxylic acids is 1. The standard InChI is InChI=1S/C22H29FN2O4S/c1-22(21(26)27,30(4,28)29)11-15-25-13-9-17(10-14-25)19-8-7-18(20(23)16-19)6-5-12-24(2)3/h7-9,16H,10-15H2,1-4H3,(H,26,27). The number of rotatable bonds is 7. The average molecular weight is 437 g/mol. The molecule has 1 aliphatic rings. The molecule has 0 aliphatic carbocycles. The summed E-state index contributed by atoms with van der Waals surface area (Å²) in [6, 6.07) is 5.03. The molecule has 1 aromatic rings. The number of halogens is 1. The van der Waals surface area contributed by atoms with Crippen LogP contribution < -0.4 is 0 Å². The fourth-order valence-corrected chi connectivity index (χ4v) is 3.89. The number of sulfone groups is 1. The highest BCUT2D eigenvalue weighted by atomic mass is 32.2. The lowest BCUT2D eigenvalue weighted by molar-refractivity contribution is -0.139. The van der Waals surface area contributed by atoms with Crippen molar-refractivity contribution < 1.29 is 22.7 Å². The Morgan fingerprint density at radius 1 is 1.37 bits per heavy atom. The van der Waals surface area contributed by atoms with Crippen LogP contribution in [0.25, 0.3) is 5.57 Å². The van der Waals surface area contributed by atoms with Crippen molar-refractivity contribution in [2.45, 2.75) is 24.5 Å². The molecule has 1 unspecified atom stereocenters. The molecule has 2 rings (SSSR count). The lowest BCUT2D eigenvalue weighted by atomic mass is 9.97. The third kappa shape index (κ3) is 5.91. The minimum absolute atomic E-state index is 0.0132. The Morgan fingerprint density at radius 2 is 2.07 bits per heavy atom. The van der Waals surface area contributed by atoms with Gasteiger partial charge in [-0.2, -0.15) is 0 Å². The fourth-order valence-electron chi connectivity index (χ4n) is 3.11. The summed E-state index contributed by atoms with van der Waals surface area (Å²) in [6.45, 7) is 3.37. The van der Waals surface area contributed by atoms with Crippen molar-refractivity contribution in [3.05, 3.63) is 41.2 Å². The van der Waals surface area contributed by atoms with E-state index in [2.05, 4.69) is 11.8 Å². The van der Waals surface area contributed by atoms with Crippen LogP contribution in [0.1, 0.15) is 30.9 Å². The number of carboxylic acids is 1. The summed E-state index contributed by atoms with van der Waals surface area (Å²) in [5, 5.41) is 9.36. The first kappa shape index (κ1) is 24.1. The molecule has 0 fully saturated rings. The molecule has 1 aliphatic heterocycles. The van der Waals surface area contributed by atoms with Gasteiger partial charge >= 0.3 is 5.97 Å². The maximum Gasteiger partial charge on any atom is 0.324 e. The van der Waals surface area contributed by atoms with Crippen LogP contribution >= 0.6 is 0 Å². The number of benzene rings is 1. The van der Waals surface area contributed by atoms with Crippen molar-refractivity contribution in [3.8, 4) is 11.8 Å². The molecule has 0 bridgehead atoms. The summed E-state index contributed by atoms with van der Waals surface area (Å²) < 4.78 is 36.4. The quantitative estimate of drug-likeness (QED) is 0.660. The van der Waals surface area contributed by atoms with Crippen molar-refractivity contribution >= 4 is 21.4 Å². The normalized spacial score (nSPS) is 17.1. The van der Waals surface area contributed by atoms with Crippen LogP contribution in [0.15, 0.2) is 24.3 Å². The van der Waals surface area contributed by atoms with E-state index in [0.29, 0.717) is 38.2 Å². The molecule has 1 N–H and O–H groups in total. The van der Waals surface area contributed by atoms with Gasteiger partial charge in [-0.25, -0.2) is 12.8 Å². The van der Waals surface area contributed by atoms with Crippen LogP contribution in [0, 0.1) is 17.7 Å². The van der Waals surface area contributed by atoms with E-state index in [0.717, 1.165) is 17.4 Å². The summed E-state index contributed by atoms with van der Waals surface area (Å²) in [7, 11) is 0.0624. The molecule has 1 aromatic carbocycles. The van der Waals surface area contributed by atoms with Crippen LogP contribution in [0.3, 0.4) is 0 Å². The summed E-state index contributed by atoms with van der Waals surface area (Å²) in [5.41, 5.74) is 2.19. The largest absolute Gasteiger partial charge is 0.480 e. The average Bonchev–Trinajstić information content (AvgIpc) is 2.66. The molecule has 0 radical (unpaired) electrons. The van der Waals surface area contributed by atoms with Gasteiger partial charge in [0.15, 0.2) is 14.6 Å². The van der Waals surface area contributed by atoms with Gasteiger partial charge in [-0.1, -0.05) is 24.0 Å². The van der Waals surface area contributed by atoms with Gasteiger partial charge < -0.3 is 5.11 Å². The van der Waals surface area contributed by atoms with Crippen molar-refractivity contribution in [1.29, 1.82) is 0 Å². The molecule has 0 saturated carbocycles. The van der Waals surface area contributed by atoms with Crippen LogP contribution in [0.4, 0.5) is 4.39 Å². The van der Waals surface area contributed by atoms with Crippen LogP contribution in [-0.4, -0.2) is 80.6 Å². The summed E-state index contributed by atoms with van der Waals surface area (Å²) >= 11 is 0. The first-order valence-corrected chi connectivity index (χ1v) is 11.6. The Kier molecular flexibility index (Phi) is 7.81. The smallest absolute Gasteiger partial charge is 0.324 e. The van der Waals surface area contributed by atoms with Gasteiger partial charge in [0.25, 0.3) is 0 Å². The van der Waals surface area contributed by atoms with E-state index in [-0.39, 0.29) is 12.2 Å². The fraction of sp³-hybridized carbons (Fsp3) is 0.500. The number of nitrogens with zero attached hydrogens (tertiary/aromatic N) is 2. The zero-order valence-corrected chi connectivity index (χ0v) is 18.7. The second kappa shape index (κ2) is 9.73. The van der Waals surface area contributed by atoms with Gasteiger partial charge in [0.05, 0.1) is 12.1 Å². The maximum atomic E-state index is 14.4. The molecular formula is C22H29FN2O4S. The second-order valence-electron chi connectivity index (χ2n) is 8.07. The third-order valence-electron chi connectivity index (χ3n) is 5.43. The summed E-state index contributed by atoms with van der Waals surface area (Å²) in [5.74, 6) is 4.08. The predicted octanol–water partition coefficient (Wildman–Crippen LogP) is 2.11. The van der Waals surface area contributed by atoms with Crippen LogP contribution in [-0.2, 0) is 14.6 Å². The summed E-state index contributed by atoms with van der Waals surface area (Å²) in [4.78, 5) is 15.4. The number of hydrogen-bond donors (Lipinski definition) is 1. The minimum atomic E-state index is -3.74. The van der Waals surface area contributed by atoms with E-state index in [4.69, 9.17) is 0 Å². The van der Waals surface area contributed by atoms with E-state index >= 15 is 0 Å².